The standard InChI is InChI=1S/C19H24N4O4S/c1-2-22-9-10-23(17-12-28(26,27)11-16(17)22)18(24)8-7-15-19(25)21-14-6-4-3-5-13(14)20-15/h3-6,16-17H,2,7-12H2,1H3,(H,21,25)/t16-,17+/m1/s1. The third-order valence-corrected chi connectivity index (χ3v) is 7.46. The van der Waals surface area contributed by atoms with Gasteiger partial charge in [0, 0.05) is 32.0 Å². The van der Waals surface area contributed by atoms with E-state index in [-0.39, 0.29) is 47.9 Å². The number of amides is 1. The molecule has 4 rings (SSSR count). The van der Waals surface area contributed by atoms with E-state index in [1.807, 2.05) is 25.1 Å². The Morgan fingerprint density at radius 1 is 1.21 bits per heavy atom. The van der Waals surface area contributed by atoms with Crippen molar-refractivity contribution < 1.29 is 13.2 Å². The molecule has 9 heteroatoms. The number of H-pyrrole nitrogens is 1. The highest BCUT2D eigenvalue weighted by Crippen LogP contribution is 2.27. The van der Waals surface area contributed by atoms with Crippen molar-refractivity contribution in [2.45, 2.75) is 31.8 Å². The van der Waals surface area contributed by atoms with Crippen molar-refractivity contribution in [2.75, 3.05) is 31.1 Å². The van der Waals surface area contributed by atoms with Gasteiger partial charge in [0.05, 0.1) is 28.6 Å². The molecule has 2 fully saturated rings. The Hall–Kier alpha value is -2.26. The molecule has 1 aromatic carbocycles. The molecule has 8 nitrogen and oxygen atoms in total. The number of aryl methyl sites for hydroxylation is 1. The van der Waals surface area contributed by atoms with E-state index in [4.69, 9.17) is 0 Å². The van der Waals surface area contributed by atoms with Crippen LogP contribution >= 0.6 is 0 Å². The predicted molar refractivity (Wildman–Crippen MR) is 106 cm³/mol. The highest BCUT2D eigenvalue weighted by atomic mass is 32.2. The third-order valence-electron chi connectivity index (χ3n) is 5.76. The van der Waals surface area contributed by atoms with Gasteiger partial charge in [-0.25, -0.2) is 13.4 Å². The van der Waals surface area contributed by atoms with Crippen LogP contribution in [-0.4, -0.2) is 77.3 Å². The van der Waals surface area contributed by atoms with Gasteiger partial charge in [-0.15, -0.1) is 0 Å². The lowest BCUT2D eigenvalue weighted by Crippen LogP contribution is -2.60. The first kappa shape index (κ1) is 19.1. The number of aromatic nitrogens is 2. The first-order valence-electron chi connectivity index (χ1n) is 9.60. The van der Waals surface area contributed by atoms with E-state index in [0.29, 0.717) is 29.8 Å². The second-order valence-corrected chi connectivity index (χ2v) is 9.61. The number of hydrogen-bond donors (Lipinski definition) is 1. The quantitative estimate of drug-likeness (QED) is 0.780. The van der Waals surface area contributed by atoms with E-state index in [1.54, 1.807) is 11.0 Å². The zero-order chi connectivity index (χ0) is 19.9. The highest BCUT2D eigenvalue weighted by Gasteiger charge is 2.47. The van der Waals surface area contributed by atoms with Crippen molar-refractivity contribution in [3.8, 4) is 0 Å². The molecule has 3 heterocycles. The Morgan fingerprint density at radius 3 is 2.75 bits per heavy atom. The molecule has 150 valence electrons. The number of aromatic amines is 1. The van der Waals surface area contributed by atoms with Crippen LogP contribution in [0, 0.1) is 0 Å². The minimum absolute atomic E-state index is 0.0225. The van der Waals surface area contributed by atoms with Gasteiger partial charge in [-0.1, -0.05) is 19.1 Å². The number of likely N-dealkylation sites (N-methyl/N-ethyl adjacent to an activating group) is 1. The molecule has 1 N–H and O–H groups in total. The maximum absolute atomic E-state index is 12.9. The average molecular weight is 404 g/mol. The number of nitrogens with one attached hydrogen (secondary N) is 1. The number of sulfone groups is 1. The van der Waals surface area contributed by atoms with Crippen LogP contribution in [0.4, 0.5) is 0 Å². The van der Waals surface area contributed by atoms with Gasteiger partial charge in [0.25, 0.3) is 5.56 Å². The van der Waals surface area contributed by atoms with Crippen LogP contribution in [0.25, 0.3) is 11.0 Å². The van der Waals surface area contributed by atoms with Crippen LogP contribution in [0.3, 0.4) is 0 Å². The summed E-state index contributed by atoms with van der Waals surface area (Å²) in [5.41, 5.74) is 1.39. The summed E-state index contributed by atoms with van der Waals surface area (Å²) < 4.78 is 24.3. The van der Waals surface area contributed by atoms with E-state index in [1.165, 1.54) is 0 Å². The molecule has 2 aromatic rings. The summed E-state index contributed by atoms with van der Waals surface area (Å²) in [6.07, 6.45) is 0.376. The largest absolute Gasteiger partial charge is 0.336 e. The lowest BCUT2D eigenvalue weighted by Gasteiger charge is -2.43. The summed E-state index contributed by atoms with van der Waals surface area (Å²) in [7, 11) is -3.14. The van der Waals surface area contributed by atoms with Crippen LogP contribution < -0.4 is 5.56 Å². The summed E-state index contributed by atoms with van der Waals surface area (Å²) in [6.45, 7) is 3.98. The van der Waals surface area contributed by atoms with Crippen molar-refractivity contribution >= 4 is 26.8 Å². The van der Waals surface area contributed by atoms with Crippen LogP contribution in [0.1, 0.15) is 19.0 Å². The monoisotopic (exact) mass is 404 g/mol. The molecule has 0 aliphatic carbocycles. The molecule has 2 saturated heterocycles. The second kappa shape index (κ2) is 7.29. The van der Waals surface area contributed by atoms with Crippen LogP contribution in [0.15, 0.2) is 29.1 Å². The molecular weight excluding hydrogens is 380 g/mol. The fourth-order valence-electron chi connectivity index (χ4n) is 4.33. The molecule has 0 spiro atoms. The normalized spacial score (nSPS) is 24.4. The molecule has 0 radical (unpaired) electrons. The minimum atomic E-state index is -3.14. The molecule has 1 amide bonds. The van der Waals surface area contributed by atoms with Gasteiger partial charge in [0.15, 0.2) is 9.84 Å². The fourth-order valence-corrected chi connectivity index (χ4v) is 6.34. The predicted octanol–water partition coefficient (Wildman–Crippen LogP) is 0.185. The van der Waals surface area contributed by atoms with Crippen molar-refractivity contribution in [1.29, 1.82) is 0 Å². The summed E-state index contributed by atoms with van der Waals surface area (Å²) in [5, 5.41) is 0. The summed E-state index contributed by atoms with van der Waals surface area (Å²) >= 11 is 0. The number of benzene rings is 1. The lowest BCUT2D eigenvalue weighted by molar-refractivity contribution is -0.136. The van der Waals surface area contributed by atoms with Crippen LogP contribution in [0.5, 0.6) is 0 Å². The summed E-state index contributed by atoms with van der Waals surface area (Å²) in [5.74, 6) is 0.0211. The Balaban J connectivity index is 1.49. The van der Waals surface area contributed by atoms with Crippen LogP contribution in [-0.2, 0) is 21.1 Å². The van der Waals surface area contributed by atoms with E-state index in [0.717, 1.165) is 6.54 Å². The highest BCUT2D eigenvalue weighted by molar-refractivity contribution is 7.91. The zero-order valence-corrected chi connectivity index (χ0v) is 16.6. The number of fused-ring (bicyclic) bond motifs is 2. The number of nitrogens with zero attached hydrogens (tertiary/aromatic N) is 3. The number of piperazine rings is 1. The molecule has 28 heavy (non-hydrogen) atoms. The number of carbonyl (C=O) groups is 1. The Kier molecular flexibility index (Phi) is 4.96. The molecule has 2 atom stereocenters. The molecule has 2 aliphatic rings. The third kappa shape index (κ3) is 3.56. The lowest BCUT2D eigenvalue weighted by atomic mass is 10.0. The van der Waals surface area contributed by atoms with Gasteiger partial charge < -0.3 is 9.88 Å². The molecule has 0 bridgehead atoms. The number of carbonyl (C=O) groups excluding carboxylic acids is 1. The number of para-hydroxylation sites is 2. The van der Waals surface area contributed by atoms with Gasteiger partial charge in [-0.2, -0.15) is 0 Å². The SMILES string of the molecule is CCN1CCN(C(=O)CCc2nc3ccccc3[nH]c2=O)[C@H]2CS(=O)(=O)C[C@H]21. The van der Waals surface area contributed by atoms with Crippen molar-refractivity contribution in [2.24, 2.45) is 0 Å². The Bertz CT molecular complexity index is 1070. The number of rotatable bonds is 4. The van der Waals surface area contributed by atoms with E-state index < -0.39 is 9.84 Å². The molecule has 0 saturated carbocycles. The van der Waals surface area contributed by atoms with E-state index in [9.17, 15) is 18.0 Å². The summed E-state index contributed by atoms with van der Waals surface area (Å²) in [4.78, 5) is 36.1. The van der Waals surface area contributed by atoms with Gasteiger partial charge in [-0.05, 0) is 18.7 Å². The smallest absolute Gasteiger partial charge is 0.270 e. The second-order valence-electron chi connectivity index (χ2n) is 7.46. The molecular formula is C19H24N4O4S. The van der Waals surface area contributed by atoms with Crippen molar-refractivity contribution in [3.05, 3.63) is 40.3 Å². The maximum atomic E-state index is 12.9. The Labute approximate surface area is 163 Å². The van der Waals surface area contributed by atoms with Gasteiger partial charge in [-0.3, -0.25) is 14.5 Å². The molecule has 2 aliphatic heterocycles. The molecule has 0 unspecified atom stereocenters. The average Bonchev–Trinajstić information content (AvgIpc) is 3.00. The van der Waals surface area contributed by atoms with Gasteiger partial charge in [0.1, 0.15) is 5.69 Å². The van der Waals surface area contributed by atoms with E-state index >= 15 is 0 Å². The van der Waals surface area contributed by atoms with Gasteiger partial charge in [0.2, 0.25) is 5.91 Å². The summed E-state index contributed by atoms with van der Waals surface area (Å²) in [6, 6.07) is 6.84. The van der Waals surface area contributed by atoms with Crippen LogP contribution in [0.2, 0.25) is 0 Å². The topological polar surface area (TPSA) is 103 Å². The Morgan fingerprint density at radius 2 is 1.96 bits per heavy atom. The van der Waals surface area contributed by atoms with Crippen molar-refractivity contribution in [3.63, 3.8) is 0 Å². The first-order chi connectivity index (χ1) is 13.4. The van der Waals surface area contributed by atoms with Gasteiger partial charge >= 0.3 is 0 Å². The zero-order valence-electron chi connectivity index (χ0n) is 15.8. The minimum Gasteiger partial charge on any atom is -0.336 e. The maximum Gasteiger partial charge on any atom is 0.270 e. The fraction of sp³-hybridized carbons (Fsp3) is 0.526. The number of hydrogen-bond acceptors (Lipinski definition) is 6. The first-order valence-corrected chi connectivity index (χ1v) is 11.4. The van der Waals surface area contributed by atoms with Crippen molar-refractivity contribution in [1.82, 2.24) is 19.8 Å². The van der Waals surface area contributed by atoms with E-state index in [2.05, 4.69) is 14.9 Å². The molecule has 1 aromatic heterocycles.